The molecule has 1 amide bonds. The molecule has 0 unspecified atom stereocenters. The third kappa shape index (κ3) is 4.74. The van der Waals surface area contributed by atoms with E-state index in [0.29, 0.717) is 46.6 Å². The molecule has 0 aliphatic carbocycles. The first-order chi connectivity index (χ1) is 14.2. The van der Waals surface area contributed by atoms with Crippen LogP contribution < -0.4 is 14.8 Å². The van der Waals surface area contributed by atoms with Crippen LogP contribution in [-0.4, -0.2) is 35.7 Å². The van der Waals surface area contributed by atoms with Crippen LogP contribution in [0.4, 0.5) is 13.2 Å². The van der Waals surface area contributed by atoms with Crippen molar-refractivity contribution in [3.8, 4) is 22.6 Å². The number of aliphatic hydroxyl groups excluding tert-OH is 2. The summed E-state index contributed by atoms with van der Waals surface area (Å²) in [5, 5.41) is 22.5. The van der Waals surface area contributed by atoms with Crippen molar-refractivity contribution in [2.75, 3.05) is 13.2 Å². The molecular formula is C21H20F3NO5. The van der Waals surface area contributed by atoms with Crippen molar-refractivity contribution in [3.63, 3.8) is 0 Å². The predicted octanol–water partition coefficient (Wildman–Crippen LogP) is 3.02. The summed E-state index contributed by atoms with van der Waals surface area (Å²) in [6, 6.07) is 7.00. The van der Waals surface area contributed by atoms with Gasteiger partial charge < -0.3 is 25.0 Å². The molecule has 160 valence electrons. The van der Waals surface area contributed by atoms with Crippen LogP contribution in [0.1, 0.15) is 22.8 Å². The highest BCUT2D eigenvalue weighted by Crippen LogP contribution is 2.43. The molecule has 0 bridgehead atoms. The molecule has 9 heteroatoms. The summed E-state index contributed by atoms with van der Waals surface area (Å²) in [7, 11) is 0. The second-order valence-electron chi connectivity index (χ2n) is 6.60. The monoisotopic (exact) mass is 423 g/mol. The summed E-state index contributed by atoms with van der Waals surface area (Å²) in [5.74, 6) is -0.276. The smallest absolute Gasteiger partial charge is 0.492 e. The highest BCUT2D eigenvalue weighted by molar-refractivity contribution is 5.87. The van der Waals surface area contributed by atoms with Gasteiger partial charge in [0.25, 0.3) is 0 Å². The number of hydrogen-bond donors (Lipinski definition) is 3. The normalized spacial score (nSPS) is 13.9. The number of nitrogens with one attached hydrogen (secondary N) is 1. The minimum absolute atomic E-state index is 0.0623. The number of halogens is 3. The minimum Gasteiger partial charge on any atom is -0.492 e. The average Bonchev–Trinajstić information content (AvgIpc) is 3.19. The van der Waals surface area contributed by atoms with Gasteiger partial charge in [0.2, 0.25) is 5.91 Å². The fraction of sp³-hybridized carbons (Fsp3) is 0.286. The minimum atomic E-state index is -4.79. The SMILES string of the molecule is C=CC(=O)NCc1cc(-c2ccc(OC(F)(F)F)cc2)c2c(c1[C@@H](O)CO)CCO2. The van der Waals surface area contributed by atoms with E-state index in [-0.39, 0.29) is 12.3 Å². The molecular weight excluding hydrogens is 403 g/mol. The Bertz CT molecular complexity index is 941. The van der Waals surface area contributed by atoms with E-state index >= 15 is 0 Å². The number of rotatable bonds is 7. The van der Waals surface area contributed by atoms with Gasteiger partial charge in [-0.25, -0.2) is 0 Å². The number of carbonyl (C=O) groups is 1. The lowest BCUT2D eigenvalue weighted by molar-refractivity contribution is -0.274. The van der Waals surface area contributed by atoms with Crippen LogP contribution in [-0.2, 0) is 17.8 Å². The fourth-order valence-electron chi connectivity index (χ4n) is 3.42. The number of aliphatic hydroxyl groups is 2. The highest BCUT2D eigenvalue weighted by atomic mass is 19.4. The Morgan fingerprint density at radius 3 is 2.63 bits per heavy atom. The van der Waals surface area contributed by atoms with Gasteiger partial charge in [0.15, 0.2) is 0 Å². The van der Waals surface area contributed by atoms with Crippen LogP contribution in [0.2, 0.25) is 0 Å². The fourth-order valence-corrected chi connectivity index (χ4v) is 3.42. The molecule has 0 spiro atoms. The van der Waals surface area contributed by atoms with Crippen LogP contribution >= 0.6 is 0 Å². The maximum Gasteiger partial charge on any atom is 0.573 e. The molecule has 0 saturated carbocycles. The first-order valence-corrected chi connectivity index (χ1v) is 9.10. The topological polar surface area (TPSA) is 88.0 Å². The molecule has 30 heavy (non-hydrogen) atoms. The third-order valence-corrected chi connectivity index (χ3v) is 4.65. The quantitative estimate of drug-likeness (QED) is 0.596. The lowest BCUT2D eigenvalue weighted by Gasteiger charge is -2.20. The van der Waals surface area contributed by atoms with Crippen molar-refractivity contribution >= 4 is 5.91 Å². The predicted molar refractivity (Wildman–Crippen MR) is 102 cm³/mol. The Morgan fingerprint density at radius 1 is 1.33 bits per heavy atom. The first-order valence-electron chi connectivity index (χ1n) is 9.10. The van der Waals surface area contributed by atoms with E-state index in [4.69, 9.17) is 4.74 Å². The number of carbonyl (C=O) groups excluding carboxylic acids is 1. The summed E-state index contributed by atoms with van der Waals surface area (Å²) in [5.41, 5.74) is 2.88. The van der Waals surface area contributed by atoms with Crippen molar-refractivity contribution in [3.05, 3.63) is 59.7 Å². The van der Waals surface area contributed by atoms with Crippen molar-refractivity contribution in [2.45, 2.75) is 25.4 Å². The number of hydrogen-bond acceptors (Lipinski definition) is 5. The Hall–Kier alpha value is -3.04. The largest absolute Gasteiger partial charge is 0.573 e. The Morgan fingerprint density at radius 2 is 2.03 bits per heavy atom. The van der Waals surface area contributed by atoms with Crippen molar-refractivity contribution < 1.29 is 37.7 Å². The zero-order valence-corrected chi connectivity index (χ0v) is 15.8. The molecule has 0 fully saturated rings. The molecule has 0 saturated heterocycles. The van der Waals surface area contributed by atoms with Gasteiger partial charge >= 0.3 is 6.36 Å². The van der Waals surface area contributed by atoms with Gasteiger partial charge in [0.05, 0.1) is 13.2 Å². The van der Waals surface area contributed by atoms with Gasteiger partial charge in [-0.15, -0.1) is 13.2 Å². The zero-order chi connectivity index (χ0) is 21.9. The highest BCUT2D eigenvalue weighted by Gasteiger charge is 2.31. The van der Waals surface area contributed by atoms with Crippen LogP contribution in [0.3, 0.4) is 0 Å². The molecule has 6 nitrogen and oxygen atoms in total. The summed E-state index contributed by atoms with van der Waals surface area (Å²) in [4.78, 5) is 11.6. The molecule has 0 aromatic heterocycles. The summed E-state index contributed by atoms with van der Waals surface area (Å²) >= 11 is 0. The molecule has 1 aliphatic rings. The van der Waals surface area contributed by atoms with Crippen molar-refractivity contribution in [2.24, 2.45) is 0 Å². The van der Waals surface area contributed by atoms with Gasteiger partial charge in [0.1, 0.15) is 17.6 Å². The van der Waals surface area contributed by atoms with E-state index in [1.807, 2.05) is 0 Å². The standard InChI is InChI=1S/C21H20F3NO5/c1-2-18(28)25-10-13-9-16(12-3-5-14(6-4-12)30-21(22,23)24)20-15(7-8-29-20)19(13)17(27)11-26/h2-6,9,17,26-27H,1,7-8,10-11H2,(H,25,28)/t17-/m0/s1. The van der Waals surface area contributed by atoms with Crippen LogP contribution in [0.25, 0.3) is 11.1 Å². The van der Waals surface area contributed by atoms with Crippen molar-refractivity contribution in [1.29, 1.82) is 0 Å². The molecule has 1 atom stereocenters. The maximum absolute atomic E-state index is 12.4. The summed E-state index contributed by atoms with van der Waals surface area (Å²) in [6.07, 6.45) is -4.37. The molecule has 1 aliphatic heterocycles. The van der Waals surface area contributed by atoms with E-state index in [1.165, 1.54) is 24.3 Å². The second kappa shape index (κ2) is 8.76. The summed E-state index contributed by atoms with van der Waals surface area (Å²) < 4.78 is 46.8. The molecule has 3 N–H and O–H groups in total. The van der Waals surface area contributed by atoms with Gasteiger partial charge in [-0.2, -0.15) is 0 Å². The number of fused-ring (bicyclic) bond motifs is 1. The van der Waals surface area contributed by atoms with Gasteiger partial charge in [0, 0.05) is 24.1 Å². The average molecular weight is 423 g/mol. The molecule has 2 aromatic rings. The van der Waals surface area contributed by atoms with E-state index in [1.54, 1.807) is 6.07 Å². The second-order valence-corrected chi connectivity index (χ2v) is 6.60. The van der Waals surface area contributed by atoms with E-state index < -0.39 is 25.0 Å². The Kier molecular flexibility index (Phi) is 6.33. The number of ether oxygens (including phenoxy) is 2. The van der Waals surface area contributed by atoms with Crippen LogP contribution in [0, 0.1) is 0 Å². The van der Waals surface area contributed by atoms with Crippen LogP contribution in [0.15, 0.2) is 43.0 Å². The van der Waals surface area contributed by atoms with Crippen LogP contribution in [0.5, 0.6) is 11.5 Å². The number of amides is 1. The molecule has 1 heterocycles. The maximum atomic E-state index is 12.4. The number of benzene rings is 2. The zero-order valence-electron chi connectivity index (χ0n) is 15.8. The Labute approximate surface area is 170 Å². The molecule has 3 rings (SSSR count). The Balaban J connectivity index is 2.05. The molecule has 0 radical (unpaired) electrons. The lowest BCUT2D eigenvalue weighted by atomic mass is 9.89. The number of alkyl halides is 3. The summed E-state index contributed by atoms with van der Waals surface area (Å²) in [6.45, 7) is 3.29. The van der Waals surface area contributed by atoms with Gasteiger partial charge in [-0.3, -0.25) is 4.79 Å². The van der Waals surface area contributed by atoms with E-state index in [2.05, 4.69) is 16.6 Å². The van der Waals surface area contributed by atoms with E-state index in [9.17, 15) is 28.2 Å². The van der Waals surface area contributed by atoms with Gasteiger partial charge in [-0.05, 0) is 41.0 Å². The van der Waals surface area contributed by atoms with E-state index in [0.717, 1.165) is 6.08 Å². The first kappa shape index (κ1) is 21.7. The van der Waals surface area contributed by atoms with Crippen molar-refractivity contribution in [1.82, 2.24) is 5.32 Å². The third-order valence-electron chi connectivity index (χ3n) is 4.65. The molecule has 2 aromatic carbocycles. The van der Waals surface area contributed by atoms with Gasteiger partial charge in [-0.1, -0.05) is 18.7 Å². The lowest BCUT2D eigenvalue weighted by Crippen LogP contribution is -2.22.